The highest BCUT2D eigenvalue weighted by Crippen LogP contribution is 2.28. The smallest absolute Gasteiger partial charge is 0.211 e. The third-order valence-electron chi connectivity index (χ3n) is 5.06. The lowest BCUT2D eigenvalue weighted by Gasteiger charge is -2.30. The number of benzene rings is 1. The predicted molar refractivity (Wildman–Crippen MR) is 108 cm³/mol. The maximum Gasteiger partial charge on any atom is 0.211 e. The SMILES string of the molecule is CS(=O)(=O)N1CCC[C@H](c2n[nH]c(=S)n2-c2ccn(Cc3ccccc3F)n2)C1. The van der Waals surface area contributed by atoms with Gasteiger partial charge in [-0.1, -0.05) is 18.2 Å². The summed E-state index contributed by atoms with van der Waals surface area (Å²) >= 11 is 5.39. The van der Waals surface area contributed by atoms with Crippen molar-refractivity contribution in [3.8, 4) is 5.82 Å². The van der Waals surface area contributed by atoms with Gasteiger partial charge in [-0.25, -0.2) is 17.1 Å². The summed E-state index contributed by atoms with van der Waals surface area (Å²) in [6.45, 7) is 1.16. The number of nitrogens with one attached hydrogen (secondary N) is 1. The summed E-state index contributed by atoms with van der Waals surface area (Å²) in [6, 6.07) is 8.35. The third-order valence-corrected chi connectivity index (χ3v) is 6.61. The van der Waals surface area contributed by atoms with Crippen molar-refractivity contribution in [1.82, 2.24) is 28.9 Å². The van der Waals surface area contributed by atoms with E-state index in [4.69, 9.17) is 12.2 Å². The Bertz CT molecular complexity index is 1180. The highest BCUT2D eigenvalue weighted by molar-refractivity contribution is 7.88. The second-order valence-electron chi connectivity index (χ2n) is 7.15. The van der Waals surface area contributed by atoms with Crippen LogP contribution in [0.5, 0.6) is 0 Å². The summed E-state index contributed by atoms with van der Waals surface area (Å²) in [5, 5.41) is 11.7. The number of aromatic amines is 1. The molecule has 1 N–H and O–H groups in total. The first-order valence-corrected chi connectivity index (χ1v) is 11.5. The first kappa shape index (κ1) is 19.9. The summed E-state index contributed by atoms with van der Waals surface area (Å²) in [4.78, 5) is 0. The standard InChI is InChI=1S/C18H21FN6O2S2/c1-29(26,27)24-9-4-6-14(12-24)17-20-21-18(28)25(17)16-8-10-23(22-16)11-13-5-2-3-7-15(13)19/h2-3,5,7-8,10,14H,4,6,9,11-12H2,1H3,(H,21,28)/t14-/m0/s1. The number of aromatic nitrogens is 5. The zero-order valence-electron chi connectivity index (χ0n) is 15.8. The molecule has 4 rings (SSSR count). The molecule has 0 bridgehead atoms. The van der Waals surface area contributed by atoms with Crippen LogP contribution in [0, 0.1) is 10.6 Å². The van der Waals surface area contributed by atoms with Gasteiger partial charge in [0.1, 0.15) is 11.6 Å². The molecule has 0 unspecified atom stereocenters. The molecule has 0 saturated carbocycles. The number of rotatable bonds is 5. The lowest BCUT2D eigenvalue weighted by Crippen LogP contribution is -2.39. The van der Waals surface area contributed by atoms with Crippen LogP contribution in [0.4, 0.5) is 4.39 Å². The van der Waals surface area contributed by atoms with E-state index in [0.717, 1.165) is 12.8 Å². The minimum absolute atomic E-state index is 0.0943. The Morgan fingerprint density at radius 1 is 1.31 bits per heavy atom. The highest BCUT2D eigenvalue weighted by atomic mass is 32.2. The van der Waals surface area contributed by atoms with Gasteiger partial charge in [-0.05, 0) is 31.1 Å². The molecule has 0 amide bonds. The van der Waals surface area contributed by atoms with E-state index >= 15 is 0 Å². The third kappa shape index (κ3) is 4.16. The molecule has 1 fully saturated rings. The monoisotopic (exact) mass is 436 g/mol. The molecule has 11 heteroatoms. The van der Waals surface area contributed by atoms with Crippen molar-refractivity contribution in [1.29, 1.82) is 0 Å². The summed E-state index contributed by atoms with van der Waals surface area (Å²) in [5.74, 6) is 0.836. The average molecular weight is 437 g/mol. The Labute approximate surface area is 173 Å². The molecule has 8 nitrogen and oxygen atoms in total. The van der Waals surface area contributed by atoms with Gasteiger partial charge in [0.2, 0.25) is 14.8 Å². The van der Waals surface area contributed by atoms with Crippen LogP contribution in [0.25, 0.3) is 5.82 Å². The van der Waals surface area contributed by atoms with Gasteiger partial charge in [0.05, 0.1) is 12.8 Å². The number of H-pyrrole nitrogens is 1. The number of sulfonamides is 1. The lowest BCUT2D eigenvalue weighted by atomic mass is 9.99. The minimum atomic E-state index is -3.27. The normalized spacial score (nSPS) is 18.2. The van der Waals surface area contributed by atoms with E-state index in [2.05, 4.69) is 15.3 Å². The second kappa shape index (κ2) is 7.81. The van der Waals surface area contributed by atoms with Gasteiger partial charge >= 0.3 is 0 Å². The zero-order valence-corrected chi connectivity index (χ0v) is 17.5. The van der Waals surface area contributed by atoms with Crippen LogP contribution in [0.1, 0.15) is 30.1 Å². The molecule has 0 radical (unpaired) electrons. The van der Waals surface area contributed by atoms with Gasteiger partial charge in [-0.15, -0.1) is 0 Å². The van der Waals surface area contributed by atoms with E-state index in [1.165, 1.54) is 16.6 Å². The van der Waals surface area contributed by atoms with Gasteiger partial charge in [0.25, 0.3) is 0 Å². The Morgan fingerprint density at radius 3 is 2.86 bits per heavy atom. The summed E-state index contributed by atoms with van der Waals surface area (Å²) < 4.78 is 43.0. The van der Waals surface area contributed by atoms with Crippen molar-refractivity contribution in [3.63, 3.8) is 0 Å². The highest BCUT2D eigenvalue weighted by Gasteiger charge is 2.30. The van der Waals surface area contributed by atoms with Crippen molar-refractivity contribution in [2.75, 3.05) is 19.3 Å². The minimum Gasteiger partial charge on any atom is -0.266 e. The zero-order chi connectivity index (χ0) is 20.6. The molecule has 3 aromatic rings. The maximum atomic E-state index is 13.9. The van der Waals surface area contributed by atoms with Crippen LogP contribution < -0.4 is 0 Å². The lowest BCUT2D eigenvalue weighted by molar-refractivity contribution is 0.309. The summed E-state index contributed by atoms with van der Waals surface area (Å²) in [5.41, 5.74) is 0.536. The largest absolute Gasteiger partial charge is 0.266 e. The van der Waals surface area contributed by atoms with Crippen LogP contribution in [-0.2, 0) is 16.6 Å². The number of piperidine rings is 1. The van der Waals surface area contributed by atoms with Crippen molar-refractivity contribution in [3.05, 3.63) is 58.5 Å². The Kier molecular flexibility index (Phi) is 5.36. The van der Waals surface area contributed by atoms with Crippen LogP contribution in [0.3, 0.4) is 0 Å². The van der Waals surface area contributed by atoms with Crippen molar-refractivity contribution < 1.29 is 12.8 Å². The van der Waals surface area contributed by atoms with E-state index in [0.29, 0.717) is 41.6 Å². The maximum absolute atomic E-state index is 13.9. The molecule has 1 atom stereocenters. The van der Waals surface area contributed by atoms with Crippen molar-refractivity contribution in [2.24, 2.45) is 0 Å². The number of hydrogen-bond donors (Lipinski definition) is 1. The molecular weight excluding hydrogens is 415 g/mol. The Morgan fingerprint density at radius 2 is 2.10 bits per heavy atom. The average Bonchev–Trinajstić information content (AvgIpc) is 3.29. The topological polar surface area (TPSA) is 88.8 Å². The number of hydrogen-bond acceptors (Lipinski definition) is 5. The van der Waals surface area contributed by atoms with Gasteiger partial charge in [0, 0.05) is 36.8 Å². The summed E-state index contributed by atoms with van der Waals surface area (Å²) in [7, 11) is -3.27. The van der Waals surface area contributed by atoms with Gasteiger partial charge in [0.15, 0.2) is 5.82 Å². The van der Waals surface area contributed by atoms with E-state index in [1.807, 2.05) is 0 Å². The molecule has 154 valence electrons. The van der Waals surface area contributed by atoms with Crippen LogP contribution in [0.2, 0.25) is 0 Å². The molecule has 1 aliphatic rings. The summed E-state index contributed by atoms with van der Waals surface area (Å²) in [6.07, 6.45) is 4.53. The van der Waals surface area contributed by atoms with Gasteiger partial charge in [-0.3, -0.25) is 14.3 Å². The molecule has 1 aromatic carbocycles. The first-order chi connectivity index (χ1) is 13.8. The van der Waals surface area contributed by atoms with Crippen LogP contribution in [0.15, 0.2) is 36.5 Å². The van der Waals surface area contributed by atoms with Gasteiger partial charge < -0.3 is 0 Å². The van der Waals surface area contributed by atoms with Crippen molar-refractivity contribution >= 4 is 22.2 Å². The fraction of sp³-hybridized carbons (Fsp3) is 0.389. The molecule has 0 spiro atoms. The van der Waals surface area contributed by atoms with Crippen molar-refractivity contribution in [2.45, 2.75) is 25.3 Å². The van der Waals surface area contributed by atoms with E-state index in [1.54, 1.807) is 39.7 Å². The Hall–Kier alpha value is -2.37. The molecular formula is C18H21FN6O2S2. The van der Waals surface area contributed by atoms with Gasteiger partial charge in [-0.2, -0.15) is 10.2 Å². The number of nitrogens with zero attached hydrogens (tertiary/aromatic N) is 5. The fourth-order valence-corrected chi connectivity index (χ4v) is 4.76. The molecule has 29 heavy (non-hydrogen) atoms. The molecule has 1 saturated heterocycles. The molecule has 2 aromatic heterocycles. The quantitative estimate of drug-likeness (QED) is 0.621. The molecule has 0 aliphatic carbocycles. The first-order valence-electron chi connectivity index (χ1n) is 9.22. The number of halogens is 1. The Balaban J connectivity index is 1.62. The van der Waals surface area contributed by atoms with Crippen LogP contribution in [-0.4, -0.2) is 56.6 Å². The molecule has 3 heterocycles. The second-order valence-corrected chi connectivity index (χ2v) is 9.51. The fourth-order valence-electron chi connectivity index (χ4n) is 3.62. The van der Waals surface area contributed by atoms with E-state index in [-0.39, 0.29) is 11.7 Å². The van der Waals surface area contributed by atoms with E-state index < -0.39 is 10.0 Å². The van der Waals surface area contributed by atoms with E-state index in [9.17, 15) is 12.8 Å². The molecule has 1 aliphatic heterocycles. The predicted octanol–water partition coefficient (Wildman–Crippen LogP) is 2.45. The van der Waals surface area contributed by atoms with Crippen LogP contribution >= 0.6 is 12.2 Å².